The molecule has 0 fully saturated rings. The van der Waals surface area contributed by atoms with E-state index in [1.54, 1.807) is 31.2 Å². The maximum Gasteiger partial charge on any atom is 0.338 e. The second kappa shape index (κ2) is 9.04. The number of ether oxygens (including phenoxy) is 2. The summed E-state index contributed by atoms with van der Waals surface area (Å²) in [5.74, 6) is -0.000399. The summed E-state index contributed by atoms with van der Waals surface area (Å²) in [6, 6.07) is 12.5. The van der Waals surface area contributed by atoms with Gasteiger partial charge in [0, 0.05) is 5.69 Å². The van der Waals surface area contributed by atoms with Crippen LogP contribution < -0.4 is 10.1 Å². The van der Waals surface area contributed by atoms with Crippen LogP contribution in [-0.4, -0.2) is 24.6 Å². The van der Waals surface area contributed by atoms with Crippen molar-refractivity contribution in [1.29, 1.82) is 0 Å². The van der Waals surface area contributed by atoms with Gasteiger partial charge >= 0.3 is 5.97 Å². The summed E-state index contributed by atoms with van der Waals surface area (Å²) >= 11 is 0. The van der Waals surface area contributed by atoms with Crippen LogP contribution in [0.2, 0.25) is 0 Å². The lowest BCUT2D eigenvalue weighted by atomic mass is 10.1. The Kier molecular flexibility index (Phi) is 6.78. The Labute approximate surface area is 154 Å². The minimum Gasteiger partial charge on any atom is -0.481 e. The van der Waals surface area contributed by atoms with Crippen LogP contribution in [0.5, 0.6) is 5.75 Å². The highest BCUT2D eigenvalue weighted by Crippen LogP contribution is 2.19. The minimum atomic E-state index is -0.623. The molecule has 2 aromatic carbocycles. The molecule has 0 aliphatic rings. The molecule has 2 aromatic rings. The van der Waals surface area contributed by atoms with Gasteiger partial charge in [0.25, 0.3) is 5.91 Å². The molecule has 0 heterocycles. The van der Waals surface area contributed by atoms with Crippen LogP contribution in [0.4, 0.5) is 5.69 Å². The summed E-state index contributed by atoms with van der Waals surface area (Å²) in [7, 11) is 0. The average Bonchev–Trinajstić information content (AvgIpc) is 2.59. The first-order chi connectivity index (χ1) is 12.4. The van der Waals surface area contributed by atoms with E-state index in [1.807, 2.05) is 32.9 Å². The number of carbonyl (C=O) groups excluding carboxylic acids is 2. The monoisotopic (exact) mass is 355 g/mol. The molecule has 0 radical (unpaired) electrons. The van der Waals surface area contributed by atoms with Gasteiger partial charge in [-0.2, -0.15) is 0 Å². The third kappa shape index (κ3) is 5.34. The van der Waals surface area contributed by atoms with E-state index in [2.05, 4.69) is 11.4 Å². The van der Waals surface area contributed by atoms with Crippen molar-refractivity contribution in [1.82, 2.24) is 0 Å². The topological polar surface area (TPSA) is 64.6 Å². The molecule has 26 heavy (non-hydrogen) atoms. The molecule has 0 spiro atoms. The Bertz CT molecular complexity index is 765. The fraction of sp³-hybridized carbons (Fsp3) is 0.333. The first-order valence-electron chi connectivity index (χ1n) is 8.76. The fourth-order valence-corrected chi connectivity index (χ4v) is 2.65. The van der Waals surface area contributed by atoms with E-state index in [4.69, 9.17) is 9.47 Å². The first-order valence-corrected chi connectivity index (χ1v) is 8.76. The summed E-state index contributed by atoms with van der Waals surface area (Å²) in [5.41, 5.74) is 3.09. The summed E-state index contributed by atoms with van der Waals surface area (Å²) in [5, 5.41) is 2.81. The molecule has 5 nitrogen and oxygen atoms in total. The van der Waals surface area contributed by atoms with Crippen molar-refractivity contribution < 1.29 is 19.1 Å². The van der Waals surface area contributed by atoms with Crippen LogP contribution in [0, 0.1) is 13.8 Å². The van der Waals surface area contributed by atoms with Gasteiger partial charge in [0.1, 0.15) is 5.75 Å². The number of nitrogens with one attached hydrogen (secondary N) is 1. The average molecular weight is 355 g/mol. The Hall–Kier alpha value is -2.82. The molecule has 0 aromatic heterocycles. The minimum absolute atomic E-state index is 0.257. The van der Waals surface area contributed by atoms with Crippen molar-refractivity contribution in [3.8, 4) is 5.75 Å². The van der Waals surface area contributed by atoms with Crippen molar-refractivity contribution in [3.63, 3.8) is 0 Å². The van der Waals surface area contributed by atoms with Crippen LogP contribution in [0.1, 0.15) is 41.8 Å². The largest absolute Gasteiger partial charge is 0.481 e. The van der Waals surface area contributed by atoms with Crippen LogP contribution >= 0.6 is 0 Å². The molecule has 138 valence electrons. The molecular weight excluding hydrogens is 330 g/mol. The lowest BCUT2D eigenvalue weighted by molar-refractivity contribution is -0.122. The van der Waals surface area contributed by atoms with Gasteiger partial charge in [-0.3, -0.25) is 4.79 Å². The summed E-state index contributed by atoms with van der Waals surface area (Å²) in [6.07, 6.45) is -0.0985. The number of amides is 1. The highest BCUT2D eigenvalue weighted by Gasteiger charge is 2.19. The molecule has 1 amide bonds. The van der Waals surface area contributed by atoms with Crippen LogP contribution in [0.15, 0.2) is 42.5 Å². The number of hydrogen-bond acceptors (Lipinski definition) is 4. The highest BCUT2D eigenvalue weighted by molar-refractivity contribution is 5.96. The van der Waals surface area contributed by atoms with Gasteiger partial charge in [-0.15, -0.1) is 0 Å². The normalized spacial score (nSPS) is 11.5. The highest BCUT2D eigenvalue weighted by atomic mass is 16.5. The number of rotatable bonds is 7. The van der Waals surface area contributed by atoms with E-state index in [1.165, 1.54) is 0 Å². The molecule has 1 unspecified atom stereocenters. The van der Waals surface area contributed by atoms with E-state index in [-0.39, 0.29) is 5.91 Å². The van der Waals surface area contributed by atoms with Crippen molar-refractivity contribution in [2.24, 2.45) is 0 Å². The zero-order valence-electron chi connectivity index (χ0n) is 15.7. The van der Waals surface area contributed by atoms with E-state index in [9.17, 15) is 9.59 Å². The molecule has 0 aliphatic heterocycles. The van der Waals surface area contributed by atoms with E-state index < -0.39 is 12.1 Å². The quantitative estimate of drug-likeness (QED) is 0.753. The number of carbonyl (C=O) groups is 2. The zero-order valence-corrected chi connectivity index (χ0v) is 15.7. The second-order valence-electron chi connectivity index (χ2n) is 6.13. The number of benzene rings is 2. The third-order valence-corrected chi connectivity index (χ3v) is 3.78. The number of anilines is 1. The summed E-state index contributed by atoms with van der Waals surface area (Å²) < 4.78 is 10.9. The van der Waals surface area contributed by atoms with Gasteiger partial charge in [-0.05, 0) is 68.7 Å². The molecule has 0 aliphatic carbocycles. The van der Waals surface area contributed by atoms with Gasteiger partial charge in [-0.1, -0.05) is 19.1 Å². The number of esters is 1. The maximum atomic E-state index is 12.6. The van der Waals surface area contributed by atoms with Crippen LogP contribution in [-0.2, 0) is 9.53 Å². The second-order valence-corrected chi connectivity index (χ2v) is 6.13. The Morgan fingerprint density at radius 2 is 1.73 bits per heavy atom. The molecule has 0 saturated heterocycles. The Morgan fingerprint density at radius 1 is 1.04 bits per heavy atom. The van der Waals surface area contributed by atoms with E-state index in [0.717, 1.165) is 11.1 Å². The van der Waals surface area contributed by atoms with Crippen molar-refractivity contribution in [3.05, 3.63) is 59.2 Å². The molecule has 5 heteroatoms. The van der Waals surface area contributed by atoms with Gasteiger partial charge in [0.05, 0.1) is 12.2 Å². The SMILES string of the molecule is CCOC(=O)c1cccc(NC(=O)C(CC)Oc2cc(C)cc(C)c2)c1. The standard InChI is InChI=1S/C21H25NO4/c1-5-19(26-18-11-14(3)10-15(4)12-18)20(23)22-17-9-7-8-16(13-17)21(24)25-6-2/h7-13,19H,5-6H2,1-4H3,(H,22,23). The number of aryl methyl sites for hydroxylation is 2. The van der Waals surface area contributed by atoms with E-state index >= 15 is 0 Å². The van der Waals surface area contributed by atoms with Gasteiger partial charge in [0.2, 0.25) is 0 Å². The van der Waals surface area contributed by atoms with Gasteiger partial charge in [-0.25, -0.2) is 4.79 Å². The fourth-order valence-electron chi connectivity index (χ4n) is 2.65. The molecule has 2 rings (SSSR count). The van der Waals surface area contributed by atoms with Crippen molar-refractivity contribution in [2.45, 2.75) is 40.2 Å². The Morgan fingerprint density at radius 3 is 2.35 bits per heavy atom. The van der Waals surface area contributed by atoms with E-state index in [0.29, 0.717) is 30.0 Å². The Balaban J connectivity index is 2.09. The summed E-state index contributed by atoms with van der Waals surface area (Å²) in [6.45, 7) is 7.92. The maximum absolute atomic E-state index is 12.6. The van der Waals surface area contributed by atoms with Gasteiger partial charge in [0.15, 0.2) is 6.10 Å². The molecule has 1 atom stereocenters. The van der Waals surface area contributed by atoms with Gasteiger partial charge < -0.3 is 14.8 Å². The van der Waals surface area contributed by atoms with Crippen LogP contribution in [0.3, 0.4) is 0 Å². The molecular formula is C21H25NO4. The predicted octanol–water partition coefficient (Wildman–Crippen LogP) is 4.28. The smallest absolute Gasteiger partial charge is 0.338 e. The third-order valence-electron chi connectivity index (χ3n) is 3.78. The van der Waals surface area contributed by atoms with Crippen molar-refractivity contribution in [2.75, 3.05) is 11.9 Å². The predicted molar refractivity (Wildman–Crippen MR) is 102 cm³/mol. The lowest BCUT2D eigenvalue weighted by Gasteiger charge is -2.18. The zero-order chi connectivity index (χ0) is 19.1. The lowest BCUT2D eigenvalue weighted by Crippen LogP contribution is -2.32. The first kappa shape index (κ1) is 19.5. The molecule has 1 N–H and O–H groups in total. The molecule has 0 bridgehead atoms. The summed E-state index contributed by atoms with van der Waals surface area (Å²) in [4.78, 5) is 24.4. The molecule has 0 saturated carbocycles. The number of hydrogen-bond donors (Lipinski definition) is 1. The van der Waals surface area contributed by atoms with Crippen molar-refractivity contribution >= 4 is 17.6 Å². The van der Waals surface area contributed by atoms with Crippen LogP contribution in [0.25, 0.3) is 0 Å².